The van der Waals surface area contributed by atoms with Crippen molar-refractivity contribution in [3.8, 4) is 0 Å². The number of ether oxygens (including phenoxy) is 1. The zero-order chi connectivity index (χ0) is 14.5. The topological polar surface area (TPSA) is 87.1 Å². The molecule has 6 nitrogen and oxygen atoms in total. The summed E-state index contributed by atoms with van der Waals surface area (Å²) >= 11 is 0. The van der Waals surface area contributed by atoms with Crippen molar-refractivity contribution in [2.45, 2.75) is 31.6 Å². The van der Waals surface area contributed by atoms with Crippen LogP contribution < -0.4 is 0 Å². The number of aliphatic hydroxyl groups is 1. The fraction of sp³-hybridized carbons (Fsp3) is 0.429. The van der Waals surface area contributed by atoms with E-state index in [0.29, 0.717) is 6.42 Å². The highest BCUT2D eigenvalue weighted by molar-refractivity contribution is 5.80. The summed E-state index contributed by atoms with van der Waals surface area (Å²) in [6, 6.07) is 8.14. The number of aliphatic carboxylic acids is 1. The molecule has 1 heterocycles. The SMILES string of the molecule is O=C(O)[C@@H]1CC(O)CCN1C(=O)OCc1ccccc1. The third-order valence-electron chi connectivity index (χ3n) is 3.30. The van der Waals surface area contributed by atoms with Crippen LogP contribution >= 0.6 is 0 Å². The Bertz CT molecular complexity index is 476. The molecule has 0 spiro atoms. The molecule has 1 aliphatic heterocycles. The Morgan fingerprint density at radius 2 is 2.00 bits per heavy atom. The summed E-state index contributed by atoms with van der Waals surface area (Å²) in [5.74, 6) is -1.12. The highest BCUT2D eigenvalue weighted by Gasteiger charge is 2.36. The molecular weight excluding hydrogens is 262 g/mol. The molecule has 1 fully saturated rings. The van der Waals surface area contributed by atoms with Gasteiger partial charge in [0.25, 0.3) is 0 Å². The van der Waals surface area contributed by atoms with Crippen molar-refractivity contribution in [3.63, 3.8) is 0 Å². The van der Waals surface area contributed by atoms with E-state index in [4.69, 9.17) is 9.84 Å². The Morgan fingerprint density at radius 3 is 2.65 bits per heavy atom. The first-order valence-electron chi connectivity index (χ1n) is 6.46. The number of piperidine rings is 1. The maximum absolute atomic E-state index is 12.0. The van der Waals surface area contributed by atoms with Crippen LogP contribution in [0.2, 0.25) is 0 Å². The lowest BCUT2D eigenvalue weighted by molar-refractivity contribution is -0.145. The molecule has 0 aliphatic carbocycles. The second-order valence-corrected chi connectivity index (χ2v) is 4.77. The van der Waals surface area contributed by atoms with E-state index in [1.165, 1.54) is 0 Å². The summed E-state index contributed by atoms with van der Waals surface area (Å²) in [5.41, 5.74) is 0.838. The van der Waals surface area contributed by atoms with E-state index in [9.17, 15) is 14.7 Å². The molecule has 0 aromatic heterocycles. The Hall–Kier alpha value is -2.08. The summed E-state index contributed by atoms with van der Waals surface area (Å²) in [6.07, 6.45) is -0.942. The maximum Gasteiger partial charge on any atom is 0.410 e. The predicted octanol–water partition coefficient (Wildman–Crippen LogP) is 1.23. The molecule has 0 radical (unpaired) electrons. The molecule has 1 aromatic rings. The molecule has 0 saturated carbocycles. The third-order valence-corrected chi connectivity index (χ3v) is 3.30. The Morgan fingerprint density at radius 1 is 1.30 bits per heavy atom. The van der Waals surface area contributed by atoms with Crippen LogP contribution in [0.3, 0.4) is 0 Å². The predicted molar refractivity (Wildman–Crippen MR) is 70.0 cm³/mol. The fourth-order valence-electron chi connectivity index (χ4n) is 2.20. The quantitative estimate of drug-likeness (QED) is 0.869. The molecule has 1 amide bonds. The molecule has 20 heavy (non-hydrogen) atoms. The highest BCUT2D eigenvalue weighted by Crippen LogP contribution is 2.19. The molecule has 108 valence electrons. The van der Waals surface area contributed by atoms with Crippen LogP contribution in [0.15, 0.2) is 30.3 Å². The van der Waals surface area contributed by atoms with Gasteiger partial charge in [0.2, 0.25) is 0 Å². The van der Waals surface area contributed by atoms with Crippen molar-refractivity contribution >= 4 is 12.1 Å². The van der Waals surface area contributed by atoms with Gasteiger partial charge < -0.3 is 14.9 Å². The largest absolute Gasteiger partial charge is 0.480 e. The van der Waals surface area contributed by atoms with E-state index < -0.39 is 24.2 Å². The number of carboxylic acid groups (broad SMARTS) is 1. The van der Waals surface area contributed by atoms with E-state index in [1.54, 1.807) is 0 Å². The first-order valence-corrected chi connectivity index (χ1v) is 6.46. The molecule has 0 bridgehead atoms. The van der Waals surface area contributed by atoms with Crippen molar-refractivity contribution in [2.24, 2.45) is 0 Å². The van der Waals surface area contributed by atoms with Gasteiger partial charge >= 0.3 is 12.1 Å². The van der Waals surface area contributed by atoms with Gasteiger partial charge in [0.1, 0.15) is 12.6 Å². The van der Waals surface area contributed by atoms with Gasteiger partial charge in [0.15, 0.2) is 0 Å². The van der Waals surface area contributed by atoms with Crippen molar-refractivity contribution in [2.75, 3.05) is 6.54 Å². The summed E-state index contributed by atoms with van der Waals surface area (Å²) in [7, 11) is 0. The zero-order valence-electron chi connectivity index (χ0n) is 10.9. The van der Waals surface area contributed by atoms with Gasteiger partial charge in [-0.3, -0.25) is 4.90 Å². The van der Waals surface area contributed by atoms with E-state index >= 15 is 0 Å². The third kappa shape index (κ3) is 3.48. The average molecular weight is 279 g/mol. The van der Waals surface area contributed by atoms with Crippen LogP contribution in [-0.2, 0) is 16.1 Å². The number of carbonyl (C=O) groups is 2. The number of carboxylic acids is 1. The summed E-state index contributed by atoms with van der Waals surface area (Å²) in [4.78, 5) is 24.2. The first kappa shape index (κ1) is 14.3. The van der Waals surface area contributed by atoms with Crippen LogP contribution in [0, 0.1) is 0 Å². The number of amides is 1. The van der Waals surface area contributed by atoms with Crippen LogP contribution in [0.25, 0.3) is 0 Å². The minimum Gasteiger partial charge on any atom is -0.480 e. The van der Waals surface area contributed by atoms with Crippen LogP contribution in [-0.4, -0.2) is 45.9 Å². The molecule has 1 aliphatic rings. The normalized spacial score (nSPS) is 22.4. The average Bonchev–Trinajstić information content (AvgIpc) is 2.45. The number of hydrogen-bond donors (Lipinski definition) is 2. The number of carbonyl (C=O) groups excluding carboxylic acids is 1. The number of rotatable bonds is 3. The van der Waals surface area contributed by atoms with Crippen molar-refractivity contribution < 1.29 is 24.5 Å². The van der Waals surface area contributed by atoms with Crippen LogP contribution in [0.5, 0.6) is 0 Å². The summed E-state index contributed by atoms with van der Waals surface area (Å²) in [5, 5.41) is 18.6. The van der Waals surface area contributed by atoms with Crippen molar-refractivity contribution in [3.05, 3.63) is 35.9 Å². The van der Waals surface area contributed by atoms with Gasteiger partial charge in [-0.05, 0) is 12.0 Å². The molecular formula is C14H17NO5. The number of likely N-dealkylation sites (tertiary alicyclic amines) is 1. The van der Waals surface area contributed by atoms with E-state index in [0.717, 1.165) is 10.5 Å². The zero-order valence-corrected chi connectivity index (χ0v) is 10.9. The lowest BCUT2D eigenvalue weighted by atomic mass is 10.0. The summed E-state index contributed by atoms with van der Waals surface area (Å²) in [6.45, 7) is 0.289. The van der Waals surface area contributed by atoms with Gasteiger partial charge in [-0.1, -0.05) is 30.3 Å². The van der Waals surface area contributed by atoms with Crippen LogP contribution in [0.1, 0.15) is 18.4 Å². The minimum atomic E-state index is -1.12. The lowest BCUT2D eigenvalue weighted by Gasteiger charge is -2.34. The number of aliphatic hydroxyl groups excluding tert-OH is 1. The Balaban J connectivity index is 1.95. The van der Waals surface area contributed by atoms with Crippen LogP contribution in [0.4, 0.5) is 4.79 Å². The molecule has 6 heteroatoms. The first-order chi connectivity index (χ1) is 9.58. The van der Waals surface area contributed by atoms with Crippen molar-refractivity contribution in [1.29, 1.82) is 0 Å². The lowest BCUT2D eigenvalue weighted by Crippen LogP contribution is -2.51. The van der Waals surface area contributed by atoms with Gasteiger partial charge in [0, 0.05) is 13.0 Å². The standard InChI is InChI=1S/C14H17NO5/c16-11-6-7-15(12(8-11)13(17)18)14(19)20-9-10-4-2-1-3-5-10/h1-5,11-12,16H,6-9H2,(H,17,18)/t11?,12-/m0/s1. The minimum absolute atomic E-state index is 0.0375. The van der Waals surface area contributed by atoms with E-state index in [-0.39, 0.29) is 19.6 Å². The highest BCUT2D eigenvalue weighted by atomic mass is 16.6. The molecule has 2 atom stereocenters. The van der Waals surface area contributed by atoms with E-state index in [2.05, 4.69) is 0 Å². The van der Waals surface area contributed by atoms with Gasteiger partial charge in [0.05, 0.1) is 6.10 Å². The van der Waals surface area contributed by atoms with E-state index in [1.807, 2.05) is 30.3 Å². The Labute approximate surface area is 116 Å². The number of benzene rings is 1. The molecule has 1 aromatic carbocycles. The molecule has 1 saturated heterocycles. The number of hydrogen-bond acceptors (Lipinski definition) is 4. The maximum atomic E-state index is 12.0. The molecule has 1 unspecified atom stereocenters. The smallest absolute Gasteiger partial charge is 0.410 e. The second kappa shape index (κ2) is 6.38. The van der Waals surface area contributed by atoms with Crippen molar-refractivity contribution in [1.82, 2.24) is 4.90 Å². The van der Waals surface area contributed by atoms with Gasteiger partial charge in [-0.15, -0.1) is 0 Å². The molecule has 2 rings (SSSR count). The van der Waals surface area contributed by atoms with Gasteiger partial charge in [-0.25, -0.2) is 9.59 Å². The Kier molecular flexibility index (Phi) is 4.57. The fourth-order valence-corrected chi connectivity index (χ4v) is 2.20. The second-order valence-electron chi connectivity index (χ2n) is 4.77. The van der Waals surface area contributed by atoms with Gasteiger partial charge in [-0.2, -0.15) is 0 Å². The monoisotopic (exact) mass is 279 g/mol. The number of nitrogens with zero attached hydrogens (tertiary/aromatic N) is 1. The summed E-state index contributed by atoms with van der Waals surface area (Å²) < 4.78 is 5.13. The molecule has 2 N–H and O–H groups in total.